The number of rotatable bonds is 11. The second-order valence-corrected chi connectivity index (χ2v) is 9.97. The zero-order chi connectivity index (χ0) is 25.5. The van der Waals surface area contributed by atoms with Crippen LogP contribution in [0.25, 0.3) is 33.3 Å². The van der Waals surface area contributed by atoms with Gasteiger partial charge in [-0.05, 0) is 55.5 Å². The highest BCUT2D eigenvalue weighted by Gasteiger charge is 2.17. The number of hydrogen-bond acceptors (Lipinski definition) is 8. The Morgan fingerprint density at radius 1 is 0.889 bits per heavy atom. The molecule has 7 nitrogen and oxygen atoms in total. The van der Waals surface area contributed by atoms with Crippen LogP contribution in [0.2, 0.25) is 0 Å². The maximum absolute atomic E-state index is 6.16. The molecule has 0 radical (unpaired) electrons. The number of benzene rings is 1. The molecule has 0 spiro atoms. The van der Waals surface area contributed by atoms with E-state index in [9.17, 15) is 0 Å². The van der Waals surface area contributed by atoms with Gasteiger partial charge in [-0.2, -0.15) is 0 Å². The van der Waals surface area contributed by atoms with Crippen LogP contribution >= 0.6 is 11.3 Å². The van der Waals surface area contributed by atoms with E-state index in [1.54, 1.807) is 29.9 Å². The number of nitrogens with zero attached hydrogens (tertiary/aromatic N) is 5. The molecule has 36 heavy (non-hydrogen) atoms. The lowest BCUT2D eigenvalue weighted by atomic mass is 9.98. The van der Waals surface area contributed by atoms with Crippen molar-refractivity contribution >= 4 is 16.5 Å². The van der Waals surface area contributed by atoms with Crippen molar-refractivity contribution in [2.75, 3.05) is 18.5 Å². The third kappa shape index (κ3) is 6.05. The molecule has 0 aliphatic rings. The van der Waals surface area contributed by atoms with Crippen molar-refractivity contribution in [2.24, 2.45) is 5.92 Å². The average molecular weight is 503 g/mol. The molecule has 0 atom stereocenters. The topological polar surface area (TPSA) is 85.7 Å². The molecule has 0 unspecified atom stereocenters. The lowest BCUT2D eigenvalue weighted by Crippen LogP contribution is -2.10. The Kier molecular flexibility index (Phi) is 8.59. The first-order chi connectivity index (χ1) is 17.5. The van der Waals surface area contributed by atoms with Crippen molar-refractivity contribution in [2.45, 2.75) is 53.9 Å². The number of ether oxygens (including phenoxy) is 1. The van der Waals surface area contributed by atoms with E-state index in [0.29, 0.717) is 17.4 Å². The Bertz CT molecular complexity index is 1260. The number of hydrogen-bond donors (Lipinski definition) is 1. The Morgan fingerprint density at radius 3 is 2.31 bits per heavy atom. The normalized spacial score (nSPS) is 11.2. The van der Waals surface area contributed by atoms with Crippen LogP contribution in [0.1, 0.15) is 51.2 Å². The third-order valence-corrected chi connectivity index (χ3v) is 7.18. The van der Waals surface area contributed by atoms with Gasteiger partial charge in [0, 0.05) is 30.7 Å². The van der Waals surface area contributed by atoms with Gasteiger partial charge in [0.2, 0.25) is 0 Å². The molecule has 1 aromatic carbocycles. The fourth-order valence-electron chi connectivity index (χ4n) is 4.09. The van der Waals surface area contributed by atoms with Gasteiger partial charge in [-0.1, -0.05) is 44.9 Å². The van der Waals surface area contributed by atoms with Gasteiger partial charge < -0.3 is 10.1 Å². The molecule has 0 aliphatic heterocycles. The van der Waals surface area contributed by atoms with Gasteiger partial charge in [0.1, 0.15) is 11.4 Å². The highest BCUT2D eigenvalue weighted by molar-refractivity contribution is 7.18. The predicted molar refractivity (Wildman–Crippen MR) is 147 cm³/mol. The van der Waals surface area contributed by atoms with Gasteiger partial charge in [-0.3, -0.25) is 4.98 Å². The van der Waals surface area contributed by atoms with Crippen LogP contribution in [0.15, 0.2) is 43.0 Å². The Hall–Kier alpha value is -3.39. The summed E-state index contributed by atoms with van der Waals surface area (Å²) >= 11 is 1.59. The first-order valence-corrected chi connectivity index (χ1v) is 13.4. The van der Waals surface area contributed by atoms with Crippen molar-refractivity contribution in [3.8, 4) is 39.1 Å². The Morgan fingerprint density at radius 2 is 1.64 bits per heavy atom. The molecule has 4 aromatic rings. The smallest absolute Gasteiger partial charge is 0.183 e. The maximum Gasteiger partial charge on any atom is 0.183 e. The summed E-state index contributed by atoms with van der Waals surface area (Å²) in [5.74, 6) is 2.01. The van der Waals surface area contributed by atoms with Gasteiger partial charge in [-0.25, -0.2) is 19.9 Å². The lowest BCUT2D eigenvalue weighted by molar-refractivity contribution is 0.240. The van der Waals surface area contributed by atoms with E-state index in [1.807, 2.05) is 12.3 Å². The molecular formula is C28H34N6OS. The lowest BCUT2D eigenvalue weighted by Gasteiger charge is -2.17. The summed E-state index contributed by atoms with van der Waals surface area (Å²) in [5.41, 5.74) is 5.59. The summed E-state index contributed by atoms with van der Waals surface area (Å²) in [6.45, 7) is 12.4. The molecule has 8 heteroatoms. The molecular weight excluding hydrogens is 468 g/mol. The molecule has 0 bridgehead atoms. The van der Waals surface area contributed by atoms with E-state index in [2.05, 4.69) is 67.0 Å². The van der Waals surface area contributed by atoms with Crippen LogP contribution in [-0.2, 0) is 0 Å². The molecule has 4 rings (SSSR count). The van der Waals surface area contributed by atoms with Crippen molar-refractivity contribution < 1.29 is 4.74 Å². The summed E-state index contributed by atoms with van der Waals surface area (Å²) in [7, 11) is 0. The second kappa shape index (κ2) is 12.0. The van der Waals surface area contributed by atoms with Gasteiger partial charge in [-0.15, -0.1) is 0 Å². The first-order valence-electron chi connectivity index (χ1n) is 12.6. The van der Waals surface area contributed by atoms with Crippen molar-refractivity contribution in [1.82, 2.24) is 24.9 Å². The van der Waals surface area contributed by atoms with Crippen LogP contribution < -0.4 is 10.1 Å². The van der Waals surface area contributed by atoms with Crippen molar-refractivity contribution in [3.05, 3.63) is 54.1 Å². The summed E-state index contributed by atoms with van der Waals surface area (Å²) < 4.78 is 6.16. The van der Waals surface area contributed by atoms with E-state index < -0.39 is 0 Å². The van der Waals surface area contributed by atoms with E-state index in [1.165, 1.54) is 0 Å². The highest BCUT2D eigenvalue weighted by Crippen LogP contribution is 2.35. The minimum atomic E-state index is 0.542. The zero-order valence-electron chi connectivity index (χ0n) is 21.7. The summed E-state index contributed by atoms with van der Waals surface area (Å²) in [4.78, 5) is 23.9. The average Bonchev–Trinajstić information content (AvgIpc) is 3.37. The molecule has 0 saturated carbocycles. The number of thiazole rings is 1. The zero-order valence-corrected chi connectivity index (χ0v) is 22.5. The minimum absolute atomic E-state index is 0.542. The van der Waals surface area contributed by atoms with Crippen molar-refractivity contribution in [1.29, 1.82) is 0 Å². The molecule has 0 amide bonds. The quantitative estimate of drug-likeness (QED) is 0.237. The van der Waals surface area contributed by atoms with Crippen LogP contribution in [0.4, 0.5) is 5.13 Å². The summed E-state index contributed by atoms with van der Waals surface area (Å²) in [6.07, 6.45) is 10.1. The van der Waals surface area contributed by atoms with Crippen LogP contribution in [0, 0.1) is 19.8 Å². The van der Waals surface area contributed by atoms with Crippen molar-refractivity contribution in [3.63, 3.8) is 0 Å². The summed E-state index contributed by atoms with van der Waals surface area (Å²) in [5, 5.41) is 4.25. The van der Waals surface area contributed by atoms with Gasteiger partial charge in [0.15, 0.2) is 11.0 Å². The number of aromatic nitrogens is 5. The molecule has 0 aliphatic carbocycles. The number of nitrogens with one attached hydrogen (secondary N) is 1. The van der Waals surface area contributed by atoms with E-state index in [0.717, 1.165) is 76.3 Å². The highest BCUT2D eigenvalue weighted by atomic mass is 32.1. The monoisotopic (exact) mass is 502 g/mol. The van der Waals surface area contributed by atoms with E-state index in [-0.39, 0.29) is 0 Å². The fraction of sp³-hybridized carbons (Fsp3) is 0.393. The van der Waals surface area contributed by atoms with Gasteiger partial charge in [0.25, 0.3) is 0 Å². The molecule has 3 aromatic heterocycles. The summed E-state index contributed by atoms with van der Waals surface area (Å²) in [6, 6.07) is 6.25. The Labute approximate surface area is 217 Å². The molecule has 0 saturated heterocycles. The van der Waals surface area contributed by atoms with Crippen LogP contribution in [0.3, 0.4) is 0 Å². The standard InChI is InChI=1S/C28H34N6OS/c1-6-9-31-28-32-16-25(36-28)22-14-23(34-27(33-22)24-15-29-10-11-30-24)26-18(4)12-21(13-19(26)5)35-17-20(7-2)8-3/h10-16,20H,6-9,17H2,1-5H3,(H,31,32). The third-order valence-electron chi connectivity index (χ3n) is 6.21. The maximum atomic E-state index is 6.16. The first kappa shape index (κ1) is 25.7. The molecule has 3 heterocycles. The largest absolute Gasteiger partial charge is 0.493 e. The van der Waals surface area contributed by atoms with E-state index in [4.69, 9.17) is 14.7 Å². The number of anilines is 1. The van der Waals surface area contributed by atoms with E-state index >= 15 is 0 Å². The number of aryl methyl sites for hydroxylation is 2. The van der Waals surface area contributed by atoms with Crippen LogP contribution in [0.5, 0.6) is 5.75 Å². The fourth-order valence-corrected chi connectivity index (χ4v) is 4.89. The van der Waals surface area contributed by atoms with Gasteiger partial charge in [0.05, 0.1) is 29.1 Å². The second-order valence-electron chi connectivity index (χ2n) is 8.93. The minimum Gasteiger partial charge on any atom is -0.493 e. The molecule has 0 fully saturated rings. The SMILES string of the molecule is CCCNc1ncc(-c2cc(-c3c(C)cc(OCC(CC)CC)cc3C)nc(-c3cnccn3)n2)s1. The predicted octanol–water partition coefficient (Wildman–Crippen LogP) is 6.98. The molecule has 1 N–H and O–H groups in total. The molecule has 188 valence electrons. The van der Waals surface area contributed by atoms with Crippen LogP contribution in [-0.4, -0.2) is 38.1 Å². The Balaban J connectivity index is 1.75. The van der Waals surface area contributed by atoms with Gasteiger partial charge >= 0.3 is 0 Å².